The molecule has 0 aromatic heterocycles. The van der Waals surface area contributed by atoms with E-state index in [0.717, 1.165) is 29.7 Å². The molecule has 1 aliphatic heterocycles. The van der Waals surface area contributed by atoms with E-state index in [1.165, 1.54) is 0 Å². The van der Waals surface area contributed by atoms with Crippen LogP contribution in [0.1, 0.15) is 56.7 Å². The van der Waals surface area contributed by atoms with Gasteiger partial charge in [-0.1, -0.05) is 38.1 Å². The van der Waals surface area contributed by atoms with E-state index < -0.39 is 10.0 Å². The van der Waals surface area contributed by atoms with E-state index in [4.69, 9.17) is 4.74 Å². The van der Waals surface area contributed by atoms with Gasteiger partial charge in [-0.25, -0.2) is 8.42 Å². The topological polar surface area (TPSA) is 46.6 Å². The van der Waals surface area contributed by atoms with Crippen molar-refractivity contribution in [2.45, 2.75) is 50.5 Å². The maximum Gasteiger partial charge on any atom is 0.243 e. The van der Waals surface area contributed by atoms with E-state index in [1.54, 1.807) is 16.4 Å². The van der Waals surface area contributed by atoms with Crippen molar-refractivity contribution in [3.8, 4) is 5.75 Å². The molecule has 0 radical (unpaired) electrons. The maximum atomic E-state index is 13.2. The zero-order valence-corrected chi connectivity index (χ0v) is 16.5. The molecule has 0 N–H and O–H groups in total. The number of hydrogen-bond acceptors (Lipinski definition) is 3. The third kappa shape index (κ3) is 3.79. The first-order chi connectivity index (χ1) is 12.4. The van der Waals surface area contributed by atoms with Crippen LogP contribution < -0.4 is 4.74 Å². The van der Waals surface area contributed by atoms with Crippen LogP contribution >= 0.6 is 0 Å². The smallest absolute Gasteiger partial charge is 0.243 e. The van der Waals surface area contributed by atoms with Crippen molar-refractivity contribution in [1.82, 2.24) is 4.31 Å². The number of rotatable bonds is 6. The van der Waals surface area contributed by atoms with Gasteiger partial charge in [-0.05, 0) is 61.1 Å². The van der Waals surface area contributed by atoms with Gasteiger partial charge in [-0.3, -0.25) is 0 Å². The maximum absolute atomic E-state index is 13.2. The van der Waals surface area contributed by atoms with Crippen molar-refractivity contribution >= 4 is 10.0 Å². The Morgan fingerprint density at radius 1 is 1.08 bits per heavy atom. The van der Waals surface area contributed by atoms with Gasteiger partial charge < -0.3 is 4.74 Å². The Hall–Kier alpha value is -1.85. The summed E-state index contributed by atoms with van der Waals surface area (Å²) in [6, 6.07) is 15.0. The first kappa shape index (κ1) is 18.9. The molecule has 1 heterocycles. The molecule has 140 valence electrons. The molecule has 1 aliphatic rings. The van der Waals surface area contributed by atoms with E-state index in [1.807, 2.05) is 43.3 Å². The predicted octanol–water partition coefficient (Wildman–Crippen LogP) is 4.73. The monoisotopic (exact) mass is 373 g/mol. The number of nitrogens with zero attached hydrogens (tertiary/aromatic N) is 1. The average Bonchev–Trinajstić information content (AvgIpc) is 3.13. The van der Waals surface area contributed by atoms with E-state index in [9.17, 15) is 8.42 Å². The highest BCUT2D eigenvalue weighted by Crippen LogP contribution is 2.37. The van der Waals surface area contributed by atoms with Gasteiger partial charge in [0.05, 0.1) is 17.5 Å². The Labute approximate surface area is 156 Å². The second-order valence-electron chi connectivity index (χ2n) is 7.00. The largest absolute Gasteiger partial charge is 0.494 e. The van der Waals surface area contributed by atoms with Gasteiger partial charge in [-0.2, -0.15) is 4.31 Å². The Balaban J connectivity index is 1.86. The minimum Gasteiger partial charge on any atom is -0.494 e. The average molecular weight is 374 g/mol. The van der Waals surface area contributed by atoms with Gasteiger partial charge in [-0.15, -0.1) is 0 Å². The summed E-state index contributed by atoms with van der Waals surface area (Å²) in [5, 5.41) is 0. The number of ether oxygens (including phenoxy) is 1. The van der Waals surface area contributed by atoms with Crippen molar-refractivity contribution in [1.29, 1.82) is 0 Å². The molecule has 0 spiro atoms. The summed E-state index contributed by atoms with van der Waals surface area (Å²) in [5.74, 6) is 1.20. The predicted molar refractivity (Wildman–Crippen MR) is 104 cm³/mol. The third-order valence-corrected chi connectivity index (χ3v) is 6.86. The van der Waals surface area contributed by atoms with Crippen LogP contribution in [0.3, 0.4) is 0 Å². The number of sulfonamides is 1. The summed E-state index contributed by atoms with van der Waals surface area (Å²) in [4.78, 5) is 0.375. The highest BCUT2D eigenvalue weighted by molar-refractivity contribution is 7.89. The van der Waals surface area contributed by atoms with Gasteiger partial charge in [0.1, 0.15) is 5.75 Å². The lowest BCUT2D eigenvalue weighted by Crippen LogP contribution is -2.30. The van der Waals surface area contributed by atoms with Crippen LogP contribution in [0.2, 0.25) is 0 Å². The summed E-state index contributed by atoms with van der Waals surface area (Å²) in [7, 11) is -3.50. The normalized spacial score (nSPS) is 18.4. The Morgan fingerprint density at radius 3 is 2.31 bits per heavy atom. The molecule has 0 aliphatic carbocycles. The van der Waals surface area contributed by atoms with Crippen molar-refractivity contribution < 1.29 is 13.2 Å². The third-order valence-electron chi connectivity index (χ3n) is 4.93. The van der Waals surface area contributed by atoms with Crippen LogP contribution in [0.5, 0.6) is 5.75 Å². The van der Waals surface area contributed by atoms with Crippen LogP contribution in [0.25, 0.3) is 0 Å². The van der Waals surface area contributed by atoms with E-state index in [-0.39, 0.29) is 6.04 Å². The first-order valence-electron chi connectivity index (χ1n) is 9.28. The lowest BCUT2D eigenvalue weighted by Gasteiger charge is -2.25. The quantitative estimate of drug-likeness (QED) is 0.735. The second-order valence-corrected chi connectivity index (χ2v) is 8.89. The van der Waals surface area contributed by atoms with Crippen molar-refractivity contribution in [2.24, 2.45) is 0 Å². The van der Waals surface area contributed by atoms with Crippen molar-refractivity contribution in [2.75, 3.05) is 13.2 Å². The second kappa shape index (κ2) is 7.80. The molecule has 26 heavy (non-hydrogen) atoms. The molecule has 1 fully saturated rings. The van der Waals surface area contributed by atoms with E-state index in [0.29, 0.717) is 24.0 Å². The van der Waals surface area contributed by atoms with Gasteiger partial charge in [0, 0.05) is 6.54 Å². The lowest BCUT2D eigenvalue weighted by atomic mass is 10.0. The van der Waals surface area contributed by atoms with Crippen molar-refractivity contribution in [3.63, 3.8) is 0 Å². The van der Waals surface area contributed by atoms with Crippen molar-refractivity contribution in [3.05, 3.63) is 59.7 Å². The molecule has 0 amide bonds. The standard InChI is InChI=1S/C21H27NO3S/c1-4-25-19-11-7-18(8-12-19)21-6-5-15-22(21)26(23,24)20-13-9-17(10-14-20)16(2)3/h7-14,16,21H,4-6,15H2,1-3H3. The molecule has 0 saturated carbocycles. The Kier molecular flexibility index (Phi) is 5.68. The molecular weight excluding hydrogens is 346 g/mol. The summed E-state index contributed by atoms with van der Waals surface area (Å²) in [6.45, 7) is 7.34. The van der Waals surface area contributed by atoms with E-state index >= 15 is 0 Å². The fraction of sp³-hybridized carbons (Fsp3) is 0.429. The molecular formula is C21H27NO3S. The van der Waals surface area contributed by atoms with Crippen LogP contribution in [-0.4, -0.2) is 25.9 Å². The highest BCUT2D eigenvalue weighted by Gasteiger charge is 2.36. The van der Waals surface area contributed by atoms with Crippen LogP contribution in [0, 0.1) is 0 Å². The molecule has 4 nitrogen and oxygen atoms in total. The Morgan fingerprint density at radius 2 is 1.73 bits per heavy atom. The van der Waals surface area contributed by atoms with Gasteiger partial charge in [0.15, 0.2) is 0 Å². The summed E-state index contributed by atoms with van der Waals surface area (Å²) in [5.41, 5.74) is 2.17. The molecule has 5 heteroatoms. The van der Waals surface area contributed by atoms with Gasteiger partial charge in [0.25, 0.3) is 0 Å². The molecule has 2 aromatic carbocycles. The SMILES string of the molecule is CCOc1ccc(C2CCCN2S(=O)(=O)c2ccc(C(C)C)cc2)cc1. The van der Waals surface area contributed by atoms with Crippen LogP contribution in [0.15, 0.2) is 53.4 Å². The zero-order chi connectivity index (χ0) is 18.7. The number of hydrogen-bond donors (Lipinski definition) is 0. The fourth-order valence-electron chi connectivity index (χ4n) is 3.47. The van der Waals surface area contributed by atoms with E-state index in [2.05, 4.69) is 13.8 Å². The zero-order valence-electron chi connectivity index (χ0n) is 15.7. The summed E-state index contributed by atoms with van der Waals surface area (Å²) in [6.07, 6.45) is 1.72. The van der Waals surface area contributed by atoms with Gasteiger partial charge >= 0.3 is 0 Å². The lowest BCUT2D eigenvalue weighted by molar-refractivity contribution is 0.339. The molecule has 1 unspecified atom stereocenters. The molecule has 1 atom stereocenters. The summed E-state index contributed by atoms with van der Waals surface area (Å²) < 4.78 is 33.5. The van der Waals surface area contributed by atoms with Gasteiger partial charge in [0.2, 0.25) is 10.0 Å². The van der Waals surface area contributed by atoms with Crippen LogP contribution in [0.4, 0.5) is 0 Å². The fourth-order valence-corrected chi connectivity index (χ4v) is 5.16. The summed E-state index contributed by atoms with van der Waals surface area (Å²) >= 11 is 0. The Bertz CT molecular complexity index is 827. The molecule has 0 bridgehead atoms. The number of benzene rings is 2. The highest BCUT2D eigenvalue weighted by atomic mass is 32.2. The first-order valence-corrected chi connectivity index (χ1v) is 10.7. The molecule has 2 aromatic rings. The molecule has 3 rings (SSSR count). The molecule has 1 saturated heterocycles. The van der Waals surface area contributed by atoms with Crippen LogP contribution in [-0.2, 0) is 10.0 Å². The minimum absolute atomic E-state index is 0.111. The minimum atomic E-state index is -3.50.